The van der Waals surface area contributed by atoms with Crippen molar-refractivity contribution in [2.45, 2.75) is 57.5 Å². The van der Waals surface area contributed by atoms with E-state index in [1.807, 2.05) is 11.9 Å². The lowest BCUT2D eigenvalue weighted by atomic mass is 10.0. The number of likely N-dealkylation sites (tertiary alicyclic amines) is 1. The molecule has 0 radical (unpaired) electrons. The number of hydrogen-bond donors (Lipinski definition) is 1. The number of amides is 1. The van der Waals surface area contributed by atoms with Crippen molar-refractivity contribution in [3.8, 4) is 0 Å². The minimum Gasteiger partial charge on any atom is -0.336 e. The third-order valence-electron chi connectivity index (χ3n) is 4.76. The monoisotopic (exact) mass is 291 g/mol. The van der Waals surface area contributed by atoms with E-state index in [9.17, 15) is 4.79 Å². The van der Waals surface area contributed by atoms with E-state index in [0.29, 0.717) is 23.8 Å². The summed E-state index contributed by atoms with van der Waals surface area (Å²) in [5, 5.41) is 7.01. The maximum absolute atomic E-state index is 12.5. The Morgan fingerprint density at radius 1 is 1.29 bits per heavy atom. The van der Waals surface area contributed by atoms with Gasteiger partial charge in [0.2, 0.25) is 5.82 Å². The molecular formula is C15H25N5O. The first-order chi connectivity index (χ1) is 10.1. The van der Waals surface area contributed by atoms with Gasteiger partial charge in [0.05, 0.1) is 0 Å². The lowest BCUT2D eigenvalue weighted by molar-refractivity contribution is 0.0604. The van der Waals surface area contributed by atoms with Crippen LogP contribution in [0, 0.1) is 0 Å². The smallest absolute Gasteiger partial charge is 0.293 e. The SMILES string of the molecule is CC(C)N1CCC(N(C)C(=O)c2n[nH]c(C3CC3)n2)CC1. The summed E-state index contributed by atoms with van der Waals surface area (Å²) in [6.07, 6.45) is 4.37. The molecule has 1 saturated carbocycles. The standard InChI is InChI=1S/C15H25N5O/c1-10(2)20-8-6-12(7-9-20)19(3)15(21)14-16-13(17-18-14)11-4-5-11/h10-12H,4-9H2,1-3H3,(H,16,17,18). The van der Waals surface area contributed by atoms with Crippen molar-refractivity contribution >= 4 is 5.91 Å². The largest absolute Gasteiger partial charge is 0.336 e. The van der Waals surface area contributed by atoms with Crippen molar-refractivity contribution in [3.63, 3.8) is 0 Å². The predicted molar refractivity (Wildman–Crippen MR) is 80.2 cm³/mol. The Kier molecular flexibility index (Phi) is 3.97. The molecule has 0 aromatic carbocycles. The van der Waals surface area contributed by atoms with Gasteiger partial charge in [-0.25, -0.2) is 4.98 Å². The van der Waals surface area contributed by atoms with Crippen molar-refractivity contribution in [2.75, 3.05) is 20.1 Å². The molecule has 3 rings (SSSR count). The van der Waals surface area contributed by atoms with E-state index in [-0.39, 0.29) is 5.91 Å². The van der Waals surface area contributed by atoms with Crippen LogP contribution in [0.15, 0.2) is 0 Å². The Hall–Kier alpha value is -1.43. The Balaban J connectivity index is 1.59. The van der Waals surface area contributed by atoms with E-state index < -0.39 is 0 Å². The van der Waals surface area contributed by atoms with E-state index >= 15 is 0 Å². The molecule has 1 aromatic rings. The molecule has 6 nitrogen and oxygen atoms in total. The molecule has 21 heavy (non-hydrogen) atoms. The molecule has 6 heteroatoms. The average Bonchev–Trinajstić information content (AvgIpc) is 3.23. The number of rotatable bonds is 4. The van der Waals surface area contributed by atoms with Crippen LogP contribution in [0.2, 0.25) is 0 Å². The van der Waals surface area contributed by atoms with Gasteiger partial charge in [0, 0.05) is 38.1 Å². The molecule has 1 amide bonds. The van der Waals surface area contributed by atoms with Crippen LogP contribution in [-0.4, -0.2) is 63.1 Å². The van der Waals surface area contributed by atoms with E-state index in [0.717, 1.165) is 44.6 Å². The van der Waals surface area contributed by atoms with Crippen LogP contribution in [0.3, 0.4) is 0 Å². The van der Waals surface area contributed by atoms with E-state index in [1.165, 1.54) is 0 Å². The van der Waals surface area contributed by atoms with E-state index in [1.54, 1.807) is 0 Å². The molecule has 1 aromatic heterocycles. The van der Waals surface area contributed by atoms with Gasteiger partial charge in [-0.3, -0.25) is 9.89 Å². The Bertz CT molecular complexity index is 500. The summed E-state index contributed by atoms with van der Waals surface area (Å²) in [5.41, 5.74) is 0. The van der Waals surface area contributed by atoms with Gasteiger partial charge < -0.3 is 9.80 Å². The summed E-state index contributed by atoms with van der Waals surface area (Å²) in [6.45, 7) is 6.56. The van der Waals surface area contributed by atoms with Crippen molar-refractivity contribution < 1.29 is 4.79 Å². The number of nitrogens with zero attached hydrogens (tertiary/aromatic N) is 4. The maximum atomic E-state index is 12.5. The van der Waals surface area contributed by atoms with Crippen LogP contribution in [0.4, 0.5) is 0 Å². The quantitative estimate of drug-likeness (QED) is 0.915. The molecule has 1 N–H and O–H groups in total. The molecule has 0 bridgehead atoms. The minimum atomic E-state index is -0.0545. The zero-order valence-corrected chi connectivity index (χ0v) is 13.2. The van der Waals surface area contributed by atoms with Gasteiger partial charge in [-0.2, -0.15) is 0 Å². The van der Waals surface area contributed by atoms with Crippen molar-refractivity contribution in [3.05, 3.63) is 11.6 Å². The third-order valence-corrected chi connectivity index (χ3v) is 4.76. The van der Waals surface area contributed by atoms with Crippen LogP contribution in [-0.2, 0) is 0 Å². The summed E-state index contributed by atoms with van der Waals surface area (Å²) < 4.78 is 0. The third kappa shape index (κ3) is 3.10. The first-order valence-corrected chi connectivity index (χ1v) is 7.99. The zero-order chi connectivity index (χ0) is 15.0. The minimum absolute atomic E-state index is 0.0545. The topological polar surface area (TPSA) is 65.1 Å². The van der Waals surface area contributed by atoms with E-state index in [2.05, 4.69) is 33.9 Å². The molecule has 1 saturated heterocycles. The number of piperidine rings is 1. The first-order valence-electron chi connectivity index (χ1n) is 7.99. The number of aromatic nitrogens is 3. The normalized spacial score (nSPS) is 21.0. The number of carbonyl (C=O) groups is 1. The van der Waals surface area contributed by atoms with Crippen LogP contribution in [0.25, 0.3) is 0 Å². The van der Waals surface area contributed by atoms with Gasteiger partial charge >= 0.3 is 0 Å². The molecule has 116 valence electrons. The van der Waals surface area contributed by atoms with Gasteiger partial charge in [0.15, 0.2) is 0 Å². The highest BCUT2D eigenvalue weighted by atomic mass is 16.2. The summed E-state index contributed by atoms with van der Waals surface area (Å²) in [6, 6.07) is 0.886. The van der Waals surface area contributed by atoms with Gasteiger partial charge in [-0.1, -0.05) is 0 Å². The second kappa shape index (κ2) is 5.75. The molecule has 1 aliphatic carbocycles. The Labute approximate surface area is 125 Å². The highest BCUT2D eigenvalue weighted by Crippen LogP contribution is 2.37. The maximum Gasteiger partial charge on any atom is 0.293 e. The van der Waals surface area contributed by atoms with Gasteiger partial charge in [-0.05, 0) is 39.5 Å². The lowest BCUT2D eigenvalue weighted by Gasteiger charge is -2.38. The van der Waals surface area contributed by atoms with Crippen LogP contribution in [0.5, 0.6) is 0 Å². The van der Waals surface area contributed by atoms with Crippen LogP contribution >= 0.6 is 0 Å². The molecule has 0 unspecified atom stereocenters. The molecule has 0 atom stereocenters. The summed E-state index contributed by atoms with van der Waals surface area (Å²) in [4.78, 5) is 21.1. The summed E-state index contributed by atoms with van der Waals surface area (Å²) >= 11 is 0. The van der Waals surface area contributed by atoms with Gasteiger partial charge in [0.1, 0.15) is 5.82 Å². The molecule has 2 heterocycles. The number of carbonyl (C=O) groups excluding carboxylic acids is 1. The summed E-state index contributed by atoms with van der Waals surface area (Å²) in [5.74, 6) is 1.65. The van der Waals surface area contributed by atoms with Gasteiger partial charge in [0.25, 0.3) is 5.91 Å². The average molecular weight is 291 g/mol. The van der Waals surface area contributed by atoms with Crippen molar-refractivity contribution in [1.82, 2.24) is 25.0 Å². The van der Waals surface area contributed by atoms with Crippen molar-refractivity contribution in [1.29, 1.82) is 0 Å². The van der Waals surface area contributed by atoms with Crippen LogP contribution < -0.4 is 0 Å². The Morgan fingerprint density at radius 3 is 2.52 bits per heavy atom. The number of nitrogens with one attached hydrogen (secondary N) is 1. The van der Waals surface area contributed by atoms with Gasteiger partial charge in [-0.15, -0.1) is 5.10 Å². The Morgan fingerprint density at radius 2 is 1.95 bits per heavy atom. The first kappa shape index (κ1) is 14.5. The second-order valence-corrected chi connectivity index (χ2v) is 6.60. The second-order valence-electron chi connectivity index (χ2n) is 6.60. The fourth-order valence-electron chi connectivity index (χ4n) is 3.02. The lowest BCUT2D eigenvalue weighted by Crippen LogP contribution is -2.47. The molecule has 0 spiro atoms. The number of hydrogen-bond acceptors (Lipinski definition) is 4. The summed E-state index contributed by atoms with van der Waals surface area (Å²) in [7, 11) is 1.88. The molecular weight excluding hydrogens is 266 g/mol. The molecule has 2 aliphatic rings. The number of H-pyrrole nitrogens is 1. The van der Waals surface area contributed by atoms with Crippen LogP contribution in [0.1, 0.15) is 61.9 Å². The number of aromatic amines is 1. The fourth-order valence-corrected chi connectivity index (χ4v) is 3.02. The fraction of sp³-hybridized carbons (Fsp3) is 0.800. The molecule has 1 aliphatic heterocycles. The van der Waals surface area contributed by atoms with E-state index in [4.69, 9.17) is 0 Å². The zero-order valence-electron chi connectivity index (χ0n) is 13.2. The molecule has 2 fully saturated rings. The van der Waals surface area contributed by atoms with Crippen molar-refractivity contribution in [2.24, 2.45) is 0 Å². The predicted octanol–water partition coefficient (Wildman–Crippen LogP) is 1.63. The highest BCUT2D eigenvalue weighted by molar-refractivity contribution is 5.90. The highest BCUT2D eigenvalue weighted by Gasteiger charge is 2.31.